The molecule has 0 radical (unpaired) electrons. The highest BCUT2D eigenvalue weighted by Gasteiger charge is 2.10. The number of rotatable bonds is 1. The lowest BCUT2D eigenvalue weighted by Crippen LogP contribution is -1.94. The molecular weight excluding hydrogens is 210 g/mol. The summed E-state index contributed by atoms with van der Waals surface area (Å²) in [5.74, 6) is -1.06. The minimum atomic E-state index is -0.529. The van der Waals surface area contributed by atoms with Crippen LogP contribution in [0.2, 0.25) is 0 Å². The van der Waals surface area contributed by atoms with Gasteiger partial charge in [0, 0.05) is 22.5 Å². The van der Waals surface area contributed by atoms with Gasteiger partial charge in [-0.3, -0.25) is 0 Å². The smallest absolute Gasteiger partial charge is 0.131 e. The summed E-state index contributed by atoms with van der Waals surface area (Å²) in [7, 11) is 0. The van der Waals surface area contributed by atoms with E-state index in [0.29, 0.717) is 11.4 Å². The van der Waals surface area contributed by atoms with Crippen LogP contribution in [-0.2, 0) is 0 Å². The van der Waals surface area contributed by atoms with Gasteiger partial charge in [-0.05, 0) is 36.4 Å². The van der Waals surface area contributed by atoms with Crippen LogP contribution in [0, 0.1) is 11.6 Å². The largest absolute Gasteiger partial charge is 0.399 e. The molecule has 0 aliphatic carbocycles. The number of benzene rings is 2. The lowest BCUT2D eigenvalue weighted by Gasteiger charge is -2.07. The van der Waals surface area contributed by atoms with Gasteiger partial charge < -0.3 is 11.5 Å². The van der Waals surface area contributed by atoms with E-state index in [1.807, 2.05) is 0 Å². The molecule has 4 heteroatoms. The van der Waals surface area contributed by atoms with Gasteiger partial charge in [0.05, 0.1) is 0 Å². The summed E-state index contributed by atoms with van der Waals surface area (Å²) in [6, 6.07) is 8.01. The van der Waals surface area contributed by atoms with Gasteiger partial charge >= 0.3 is 0 Å². The number of nitrogens with two attached hydrogens (primary N) is 2. The van der Waals surface area contributed by atoms with Crippen LogP contribution in [0.3, 0.4) is 0 Å². The molecule has 0 heterocycles. The molecule has 0 unspecified atom stereocenters. The average Bonchev–Trinajstić information content (AvgIpc) is 2.25. The molecule has 0 amide bonds. The highest BCUT2D eigenvalue weighted by atomic mass is 19.1. The molecule has 2 aromatic rings. The number of hydrogen-bond donors (Lipinski definition) is 2. The normalized spacial score (nSPS) is 10.4. The van der Waals surface area contributed by atoms with Crippen LogP contribution in [0.1, 0.15) is 0 Å². The zero-order valence-corrected chi connectivity index (χ0v) is 8.37. The second-order valence-electron chi connectivity index (χ2n) is 3.48. The van der Waals surface area contributed by atoms with E-state index in [4.69, 9.17) is 11.5 Å². The van der Waals surface area contributed by atoms with Gasteiger partial charge in [-0.25, -0.2) is 8.78 Å². The predicted octanol–water partition coefficient (Wildman–Crippen LogP) is 2.80. The molecule has 0 saturated carbocycles. The summed E-state index contributed by atoms with van der Waals surface area (Å²) in [6.07, 6.45) is 0. The first kappa shape index (κ1) is 10.4. The van der Waals surface area contributed by atoms with Gasteiger partial charge in [-0.1, -0.05) is 0 Å². The Morgan fingerprint density at radius 3 is 1.44 bits per heavy atom. The molecule has 16 heavy (non-hydrogen) atoms. The molecule has 0 atom stereocenters. The summed E-state index contributed by atoms with van der Waals surface area (Å²) >= 11 is 0. The Labute approximate surface area is 91.5 Å². The van der Waals surface area contributed by atoms with E-state index >= 15 is 0 Å². The van der Waals surface area contributed by atoms with Crippen molar-refractivity contribution in [2.45, 2.75) is 0 Å². The van der Waals surface area contributed by atoms with Crippen molar-refractivity contribution in [3.05, 3.63) is 48.0 Å². The summed E-state index contributed by atoms with van der Waals surface area (Å²) in [4.78, 5) is 0. The van der Waals surface area contributed by atoms with Crippen molar-refractivity contribution < 1.29 is 8.78 Å². The molecular formula is C12H10F2N2. The lowest BCUT2D eigenvalue weighted by atomic mass is 10.0. The summed E-state index contributed by atoms with van der Waals surface area (Å²) in [5, 5.41) is 0. The van der Waals surface area contributed by atoms with Gasteiger partial charge in [0.1, 0.15) is 11.6 Å². The zero-order valence-electron chi connectivity index (χ0n) is 8.37. The number of hydrogen-bond acceptors (Lipinski definition) is 2. The van der Waals surface area contributed by atoms with E-state index in [-0.39, 0.29) is 11.1 Å². The molecule has 0 saturated heterocycles. The van der Waals surface area contributed by atoms with E-state index in [1.54, 1.807) is 0 Å². The minimum absolute atomic E-state index is 0.116. The molecule has 0 aromatic heterocycles. The Morgan fingerprint density at radius 2 is 1.06 bits per heavy atom. The third-order valence-electron chi connectivity index (χ3n) is 2.27. The zero-order chi connectivity index (χ0) is 11.7. The molecule has 0 fully saturated rings. The van der Waals surface area contributed by atoms with Crippen molar-refractivity contribution >= 4 is 11.4 Å². The van der Waals surface area contributed by atoms with Crippen LogP contribution in [0.5, 0.6) is 0 Å². The summed E-state index contributed by atoms with van der Waals surface area (Å²) < 4.78 is 27.0. The molecule has 82 valence electrons. The monoisotopic (exact) mass is 220 g/mol. The summed E-state index contributed by atoms with van der Waals surface area (Å²) in [6.45, 7) is 0. The SMILES string of the molecule is Nc1ccc(F)c(-c2cc(N)ccc2F)c1. The summed E-state index contributed by atoms with van der Waals surface area (Å²) in [5.41, 5.74) is 12.0. The van der Waals surface area contributed by atoms with E-state index in [1.165, 1.54) is 36.4 Å². The van der Waals surface area contributed by atoms with Crippen LogP contribution < -0.4 is 11.5 Å². The fraction of sp³-hybridized carbons (Fsp3) is 0. The number of anilines is 2. The van der Waals surface area contributed by atoms with Crippen LogP contribution >= 0.6 is 0 Å². The van der Waals surface area contributed by atoms with Crippen molar-refractivity contribution in [2.75, 3.05) is 11.5 Å². The first-order valence-corrected chi connectivity index (χ1v) is 4.68. The molecule has 0 aliphatic rings. The third-order valence-corrected chi connectivity index (χ3v) is 2.27. The lowest BCUT2D eigenvalue weighted by molar-refractivity contribution is 0.616. The molecule has 0 bridgehead atoms. The van der Waals surface area contributed by atoms with Gasteiger partial charge in [0.15, 0.2) is 0 Å². The third kappa shape index (κ3) is 1.82. The molecule has 2 nitrogen and oxygen atoms in total. The topological polar surface area (TPSA) is 52.0 Å². The fourth-order valence-corrected chi connectivity index (χ4v) is 1.50. The Morgan fingerprint density at radius 1 is 0.688 bits per heavy atom. The van der Waals surface area contributed by atoms with Gasteiger partial charge in [0.25, 0.3) is 0 Å². The van der Waals surface area contributed by atoms with Crippen LogP contribution in [0.15, 0.2) is 36.4 Å². The van der Waals surface area contributed by atoms with Gasteiger partial charge in [0.2, 0.25) is 0 Å². The van der Waals surface area contributed by atoms with E-state index in [9.17, 15) is 8.78 Å². The molecule has 4 N–H and O–H groups in total. The molecule has 0 aliphatic heterocycles. The first-order chi connectivity index (χ1) is 7.58. The first-order valence-electron chi connectivity index (χ1n) is 4.68. The Balaban J connectivity index is 2.66. The molecule has 2 rings (SSSR count). The Kier molecular flexibility index (Phi) is 2.48. The minimum Gasteiger partial charge on any atom is -0.399 e. The second-order valence-corrected chi connectivity index (χ2v) is 3.48. The van der Waals surface area contributed by atoms with Crippen molar-refractivity contribution in [1.82, 2.24) is 0 Å². The molecule has 0 spiro atoms. The van der Waals surface area contributed by atoms with Crippen LogP contribution in [-0.4, -0.2) is 0 Å². The highest BCUT2D eigenvalue weighted by molar-refractivity contribution is 5.71. The van der Waals surface area contributed by atoms with Crippen molar-refractivity contribution in [1.29, 1.82) is 0 Å². The Bertz CT molecular complexity index is 489. The fourth-order valence-electron chi connectivity index (χ4n) is 1.50. The van der Waals surface area contributed by atoms with E-state index < -0.39 is 11.6 Å². The number of halogens is 2. The Hall–Kier alpha value is -2.10. The highest BCUT2D eigenvalue weighted by Crippen LogP contribution is 2.28. The van der Waals surface area contributed by atoms with Crippen LogP contribution in [0.4, 0.5) is 20.2 Å². The quantitative estimate of drug-likeness (QED) is 0.726. The standard InChI is InChI=1S/C12H10F2N2/c13-11-3-1-7(15)5-9(11)10-6-8(16)2-4-12(10)14/h1-6H,15-16H2. The van der Waals surface area contributed by atoms with Crippen LogP contribution in [0.25, 0.3) is 11.1 Å². The van der Waals surface area contributed by atoms with Crippen molar-refractivity contribution in [2.24, 2.45) is 0 Å². The van der Waals surface area contributed by atoms with E-state index in [0.717, 1.165) is 0 Å². The molecule has 2 aromatic carbocycles. The maximum Gasteiger partial charge on any atom is 0.131 e. The van der Waals surface area contributed by atoms with Gasteiger partial charge in [-0.15, -0.1) is 0 Å². The van der Waals surface area contributed by atoms with E-state index in [2.05, 4.69) is 0 Å². The predicted molar refractivity (Wildman–Crippen MR) is 60.6 cm³/mol. The van der Waals surface area contributed by atoms with Crippen molar-refractivity contribution in [3.8, 4) is 11.1 Å². The number of nitrogen functional groups attached to an aromatic ring is 2. The average molecular weight is 220 g/mol. The van der Waals surface area contributed by atoms with Gasteiger partial charge in [-0.2, -0.15) is 0 Å². The van der Waals surface area contributed by atoms with Crippen molar-refractivity contribution in [3.63, 3.8) is 0 Å². The second kappa shape index (κ2) is 3.81. The maximum atomic E-state index is 13.5. The maximum absolute atomic E-state index is 13.5.